The van der Waals surface area contributed by atoms with Gasteiger partial charge in [0.05, 0.1) is 7.11 Å². The van der Waals surface area contributed by atoms with Crippen LogP contribution in [-0.2, 0) is 16.1 Å². The molecule has 0 aliphatic heterocycles. The van der Waals surface area contributed by atoms with E-state index in [1.165, 1.54) is 0 Å². The van der Waals surface area contributed by atoms with E-state index in [2.05, 4.69) is 5.32 Å². The van der Waals surface area contributed by atoms with Crippen molar-refractivity contribution in [3.05, 3.63) is 42.0 Å². The van der Waals surface area contributed by atoms with Gasteiger partial charge >= 0.3 is 11.8 Å². The van der Waals surface area contributed by atoms with Crippen molar-refractivity contribution in [3.63, 3.8) is 0 Å². The molecule has 19 heavy (non-hydrogen) atoms. The Morgan fingerprint density at radius 1 is 1.16 bits per heavy atom. The van der Waals surface area contributed by atoms with E-state index in [1.54, 1.807) is 7.11 Å². The zero-order valence-corrected chi connectivity index (χ0v) is 10.5. The SMILES string of the molecule is COc1ccc2cc(CNC(=O)C(N)=O)ccc2c1. The van der Waals surface area contributed by atoms with E-state index in [-0.39, 0.29) is 6.54 Å². The molecule has 2 aromatic carbocycles. The summed E-state index contributed by atoms with van der Waals surface area (Å²) in [5.41, 5.74) is 5.75. The van der Waals surface area contributed by atoms with Crippen LogP contribution >= 0.6 is 0 Å². The number of carbonyl (C=O) groups excluding carboxylic acids is 2. The minimum Gasteiger partial charge on any atom is -0.497 e. The molecule has 0 bridgehead atoms. The first kappa shape index (κ1) is 12.9. The standard InChI is InChI=1S/C14H14N2O3/c1-19-12-5-4-10-6-9(2-3-11(10)7-12)8-16-14(18)13(15)17/h2-7H,8H2,1H3,(H2,15,17)(H,16,18). The minimum absolute atomic E-state index is 0.268. The Hall–Kier alpha value is -2.56. The van der Waals surface area contributed by atoms with Crippen LogP contribution in [0.5, 0.6) is 5.75 Å². The Balaban J connectivity index is 2.18. The van der Waals surface area contributed by atoms with Crippen LogP contribution in [0.1, 0.15) is 5.56 Å². The molecule has 0 saturated heterocycles. The summed E-state index contributed by atoms with van der Waals surface area (Å²) < 4.78 is 5.15. The molecule has 0 heterocycles. The van der Waals surface area contributed by atoms with Crippen LogP contribution in [0.15, 0.2) is 36.4 Å². The lowest BCUT2D eigenvalue weighted by atomic mass is 10.1. The molecule has 0 aliphatic rings. The van der Waals surface area contributed by atoms with Gasteiger partial charge in [0.25, 0.3) is 0 Å². The highest BCUT2D eigenvalue weighted by Crippen LogP contribution is 2.21. The number of benzene rings is 2. The highest BCUT2D eigenvalue weighted by Gasteiger charge is 2.07. The molecule has 2 rings (SSSR count). The van der Waals surface area contributed by atoms with Gasteiger partial charge in [-0.3, -0.25) is 9.59 Å². The predicted octanol–water partition coefficient (Wildman–Crippen LogP) is 0.950. The molecule has 3 N–H and O–H groups in total. The largest absolute Gasteiger partial charge is 0.497 e. The van der Waals surface area contributed by atoms with Crippen LogP contribution in [-0.4, -0.2) is 18.9 Å². The summed E-state index contributed by atoms with van der Waals surface area (Å²) in [6.45, 7) is 0.268. The lowest BCUT2D eigenvalue weighted by Gasteiger charge is -2.06. The van der Waals surface area contributed by atoms with Gasteiger partial charge < -0.3 is 15.8 Å². The van der Waals surface area contributed by atoms with Crippen LogP contribution in [0, 0.1) is 0 Å². The van der Waals surface area contributed by atoms with Crippen molar-refractivity contribution in [1.82, 2.24) is 5.32 Å². The summed E-state index contributed by atoms with van der Waals surface area (Å²) in [5, 5.41) is 4.53. The fourth-order valence-electron chi connectivity index (χ4n) is 1.78. The van der Waals surface area contributed by atoms with Crippen molar-refractivity contribution in [3.8, 4) is 5.75 Å². The third kappa shape index (κ3) is 3.01. The third-order valence-electron chi connectivity index (χ3n) is 2.79. The molecule has 0 radical (unpaired) electrons. The van der Waals surface area contributed by atoms with E-state index in [9.17, 15) is 9.59 Å². The summed E-state index contributed by atoms with van der Waals surface area (Å²) in [7, 11) is 1.62. The van der Waals surface area contributed by atoms with Gasteiger partial charge in [-0.1, -0.05) is 18.2 Å². The molecule has 98 valence electrons. The molecule has 2 aromatic rings. The molecule has 5 heteroatoms. The van der Waals surface area contributed by atoms with Gasteiger partial charge in [0.1, 0.15) is 5.75 Å². The third-order valence-corrected chi connectivity index (χ3v) is 2.79. The van der Waals surface area contributed by atoms with Crippen molar-refractivity contribution < 1.29 is 14.3 Å². The summed E-state index contributed by atoms with van der Waals surface area (Å²) >= 11 is 0. The molecule has 0 unspecified atom stereocenters. The second-order valence-electron chi connectivity index (χ2n) is 4.09. The van der Waals surface area contributed by atoms with E-state index < -0.39 is 11.8 Å². The molecular formula is C14H14N2O3. The van der Waals surface area contributed by atoms with Gasteiger partial charge in [-0.15, -0.1) is 0 Å². The highest BCUT2D eigenvalue weighted by molar-refractivity contribution is 6.34. The van der Waals surface area contributed by atoms with E-state index in [0.717, 1.165) is 22.1 Å². The lowest BCUT2D eigenvalue weighted by molar-refractivity contribution is -0.137. The fraction of sp³-hybridized carbons (Fsp3) is 0.143. The fourth-order valence-corrected chi connectivity index (χ4v) is 1.78. The average Bonchev–Trinajstić information content (AvgIpc) is 2.43. The van der Waals surface area contributed by atoms with E-state index in [1.807, 2.05) is 36.4 Å². The number of rotatable bonds is 3. The number of ether oxygens (including phenoxy) is 1. The van der Waals surface area contributed by atoms with Crippen LogP contribution in [0.3, 0.4) is 0 Å². The van der Waals surface area contributed by atoms with E-state index in [0.29, 0.717) is 0 Å². The predicted molar refractivity (Wildman–Crippen MR) is 71.5 cm³/mol. The van der Waals surface area contributed by atoms with Gasteiger partial charge in [-0.2, -0.15) is 0 Å². The molecule has 0 saturated carbocycles. The first-order chi connectivity index (χ1) is 9.10. The lowest BCUT2D eigenvalue weighted by Crippen LogP contribution is -2.35. The van der Waals surface area contributed by atoms with Crippen LogP contribution < -0.4 is 15.8 Å². The molecule has 0 aliphatic carbocycles. The first-order valence-electron chi connectivity index (χ1n) is 5.74. The maximum Gasteiger partial charge on any atom is 0.309 e. The molecule has 0 aromatic heterocycles. The summed E-state index contributed by atoms with van der Waals surface area (Å²) in [4.78, 5) is 21.7. The number of carbonyl (C=O) groups is 2. The van der Waals surface area contributed by atoms with E-state index in [4.69, 9.17) is 10.5 Å². The van der Waals surface area contributed by atoms with Crippen molar-refractivity contribution in [2.24, 2.45) is 5.73 Å². The smallest absolute Gasteiger partial charge is 0.309 e. The van der Waals surface area contributed by atoms with Gasteiger partial charge in [0.15, 0.2) is 0 Å². The minimum atomic E-state index is -0.981. The number of amides is 2. The van der Waals surface area contributed by atoms with Crippen LogP contribution in [0.2, 0.25) is 0 Å². The maximum atomic E-state index is 11.1. The molecular weight excluding hydrogens is 244 g/mol. The Bertz CT molecular complexity index is 638. The highest BCUT2D eigenvalue weighted by atomic mass is 16.5. The molecule has 0 fully saturated rings. The second kappa shape index (κ2) is 5.39. The molecule has 0 atom stereocenters. The summed E-state index contributed by atoms with van der Waals surface area (Å²) in [6, 6.07) is 11.5. The van der Waals surface area contributed by atoms with Gasteiger partial charge in [-0.05, 0) is 34.5 Å². The Morgan fingerprint density at radius 3 is 2.53 bits per heavy atom. The number of hydrogen-bond donors (Lipinski definition) is 2. The number of hydrogen-bond acceptors (Lipinski definition) is 3. The average molecular weight is 258 g/mol. The van der Waals surface area contributed by atoms with Gasteiger partial charge in [0, 0.05) is 6.54 Å². The second-order valence-corrected chi connectivity index (χ2v) is 4.09. The number of fused-ring (bicyclic) bond motifs is 1. The molecule has 2 amide bonds. The summed E-state index contributed by atoms with van der Waals surface area (Å²) in [5.74, 6) is -0.970. The molecule has 5 nitrogen and oxygen atoms in total. The quantitative estimate of drug-likeness (QED) is 0.804. The monoisotopic (exact) mass is 258 g/mol. The van der Waals surface area contributed by atoms with Crippen molar-refractivity contribution >= 4 is 22.6 Å². The normalized spacial score (nSPS) is 10.2. The van der Waals surface area contributed by atoms with Gasteiger partial charge in [-0.25, -0.2) is 0 Å². The van der Waals surface area contributed by atoms with Crippen LogP contribution in [0.4, 0.5) is 0 Å². The molecule has 0 spiro atoms. The Kier molecular flexibility index (Phi) is 3.66. The van der Waals surface area contributed by atoms with E-state index >= 15 is 0 Å². The van der Waals surface area contributed by atoms with Crippen molar-refractivity contribution in [1.29, 1.82) is 0 Å². The number of nitrogens with two attached hydrogens (primary N) is 1. The van der Waals surface area contributed by atoms with Crippen molar-refractivity contribution in [2.75, 3.05) is 7.11 Å². The van der Waals surface area contributed by atoms with Crippen molar-refractivity contribution in [2.45, 2.75) is 6.54 Å². The number of nitrogens with one attached hydrogen (secondary N) is 1. The Labute approximate surface area is 110 Å². The Morgan fingerprint density at radius 2 is 1.84 bits per heavy atom. The topological polar surface area (TPSA) is 81.4 Å². The van der Waals surface area contributed by atoms with Crippen LogP contribution in [0.25, 0.3) is 10.8 Å². The zero-order valence-electron chi connectivity index (χ0n) is 10.5. The first-order valence-corrected chi connectivity index (χ1v) is 5.74. The maximum absolute atomic E-state index is 11.1. The summed E-state index contributed by atoms with van der Waals surface area (Å²) in [6.07, 6.45) is 0. The van der Waals surface area contributed by atoms with Gasteiger partial charge in [0.2, 0.25) is 0 Å². The number of primary amides is 1. The number of methoxy groups -OCH3 is 1. The zero-order chi connectivity index (χ0) is 13.8.